The van der Waals surface area contributed by atoms with Gasteiger partial charge in [0.05, 0.1) is 25.0 Å². The van der Waals surface area contributed by atoms with Gasteiger partial charge in [-0.2, -0.15) is 8.42 Å². The van der Waals surface area contributed by atoms with Gasteiger partial charge < -0.3 is 9.64 Å². The minimum Gasteiger partial charge on any atom is -0.495 e. The summed E-state index contributed by atoms with van der Waals surface area (Å²) in [5.74, 6) is -0.0218. The smallest absolute Gasteiger partial charge is 0.282 e. The van der Waals surface area contributed by atoms with Gasteiger partial charge in [-0.3, -0.25) is 14.1 Å². The Bertz CT molecular complexity index is 1170. The lowest BCUT2D eigenvalue weighted by molar-refractivity contribution is -0.130. The van der Waals surface area contributed by atoms with Crippen LogP contribution in [-0.4, -0.2) is 49.4 Å². The summed E-state index contributed by atoms with van der Waals surface area (Å²) in [7, 11) is -2.69. The minimum atomic E-state index is -4.15. The maximum atomic E-state index is 13.7. The first-order valence-electron chi connectivity index (χ1n) is 10.1. The lowest BCUT2D eigenvalue weighted by Gasteiger charge is -2.28. The number of amides is 1. The molecule has 1 amide bonds. The first-order chi connectivity index (χ1) is 15.4. The van der Waals surface area contributed by atoms with E-state index in [1.165, 1.54) is 13.3 Å². The highest BCUT2D eigenvalue weighted by Crippen LogP contribution is 2.32. The average Bonchev–Trinajstić information content (AvgIpc) is 2.81. The molecule has 0 saturated heterocycles. The number of hydrogen-bond acceptors (Lipinski definition) is 6. The fourth-order valence-electron chi connectivity index (χ4n) is 3.27. The van der Waals surface area contributed by atoms with Gasteiger partial charge in [0.2, 0.25) is 5.91 Å². The van der Waals surface area contributed by atoms with Crippen LogP contribution in [0.3, 0.4) is 0 Å². The molecule has 3 aromatic rings. The summed E-state index contributed by atoms with van der Waals surface area (Å²) in [6.07, 6.45) is 3.07. The second kappa shape index (κ2) is 10.2. The van der Waals surface area contributed by atoms with E-state index in [9.17, 15) is 13.2 Å². The molecule has 0 aliphatic rings. The van der Waals surface area contributed by atoms with Gasteiger partial charge in [0.25, 0.3) is 10.0 Å². The Balaban J connectivity index is 2.01. The van der Waals surface area contributed by atoms with E-state index in [2.05, 4.69) is 9.97 Å². The van der Waals surface area contributed by atoms with Crippen molar-refractivity contribution in [2.24, 2.45) is 0 Å². The standard InChI is InChI=1S/C23H26N4O4S/c1-4-26(16-19-11-7-8-14-24-19)22(28)17-27(20-12-5-6-13-21(20)31-3)32(29,30)23-18(2)10-9-15-25-23/h5-15H,4,16-17H2,1-3H3. The van der Waals surface area contributed by atoms with Crippen LogP contribution in [0.4, 0.5) is 5.69 Å². The number of pyridine rings is 2. The summed E-state index contributed by atoms with van der Waals surface area (Å²) < 4.78 is 33.8. The highest BCUT2D eigenvalue weighted by molar-refractivity contribution is 7.92. The number of methoxy groups -OCH3 is 1. The second-order valence-electron chi connectivity index (χ2n) is 7.04. The van der Waals surface area contributed by atoms with E-state index in [1.807, 2.05) is 19.1 Å². The lowest BCUT2D eigenvalue weighted by atomic mass is 10.3. The molecular weight excluding hydrogens is 428 g/mol. The van der Waals surface area contributed by atoms with Gasteiger partial charge in [-0.15, -0.1) is 0 Å². The molecule has 0 saturated carbocycles. The van der Waals surface area contributed by atoms with E-state index in [4.69, 9.17) is 4.74 Å². The number of aryl methyl sites for hydroxylation is 1. The molecule has 0 N–H and O–H groups in total. The van der Waals surface area contributed by atoms with E-state index < -0.39 is 16.6 Å². The summed E-state index contributed by atoms with van der Waals surface area (Å²) in [5.41, 5.74) is 1.47. The molecule has 8 nitrogen and oxygen atoms in total. The predicted octanol–water partition coefficient (Wildman–Crippen LogP) is 3.04. The van der Waals surface area contributed by atoms with Crippen LogP contribution in [0.5, 0.6) is 5.75 Å². The van der Waals surface area contributed by atoms with Crippen molar-refractivity contribution in [1.82, 2.24) is 14.9 Å². The van der Waals surface area contributed by atoms with Gasteiger partial charge in [-0.05, 0) is 49.7 Å². The number of aromatic nitrogens is 2. The van der Waals surface area contributed by atoms with Crippen LogP contribution in [0, 0.1) is 6.92 Å². The van der Waals surface area contributed by atoms with Crippen molar-refractivity contribution in [3.63, 3.8) is 0 Å². The van der Waals surface area contributed by atoms with E-state index in [0.29, 0.717) is 17.9 Å². The van der Waals surface area contributed by atoms with Gasteiger partial charge in [0, 0.05) is 18.9 Å². The molecule has 0 bridgehead atoms. The van der Waals surface area contributed by atoms with Crippen molar-refractivity contribution >= 4 is 21.6 Å². The molecule has 9 heteroatoms. The minimum absolute atomic E-state index is 0.105. The average molecular weight is 455 g/mol. The van der Waals surface area contributed by atoms with Crippen LogP contribution in [0.15, 0.2) is 72.0 Å². The van der Waals surface area contributed by atoms with Crippen LogP contribution in [0.2, 0.25) is 0 Å². The number of ether oxygens (including phenoxy) is 1. The molecular formula is C23H26N4O4S. The zero-order chi connectivity index (χ0) is 23.1. The number of nitrogens with zero attached hydrogens (tertiary/aromatic N) is 4. The Morgan fingerprint density at radius 3 is 2.38 bits per heavy atom. The van der Waals surface area contributed by atoms with E-state index in [1.54, 1.807) is 60.5 Å². The maximum Gasteiger partial charge on any atom is 0.282 e. The molecule has 1 aromatic carbocycles. The van der Waals surface area contributed by atoms with E-state index in [-0.39, 0.29) is 23.2 Å². The summed E-state index contributed by atoms with van der Waals surface area (Å²) >= 11 is 0. The molecule has 0 aliphatic carbocycles. The van der Waals surface area contributed by atoms with Gasteiger partial charge >= 0.3 is 0 Å². The molecule has 0 aliphatic heterocycles. The molecule has 3 rings (SSSR count). The molecule has 2 heterocycles. The number of sulfonamides is 1. The molecule has 0 fully saturated rings. The maximum absolute atomic E-state index is 13.7. The zero-order valence-electron chi connectivity index (χ0n) is 18.3. The molecule has 0 radical (unpaired) electrons. The van der Waals surface area contributed by atoms with Crippen molar-refractivity contribution < 1.29 is 17.9 Å². The highest BCUT2D eigenvalue weighted by Gasteiger charge is 2.32. The third-order valence-corrected chi connectivity index (χ3v) is 6.76. The van der Waals surface area contributed by atoms with E-state index >= 15 is 0 Å². The normalized spacial score (nSPS) is 11.1. The molecule has 32 heavy (non-hydrogen) atoms. The van der Waals surface area contributed by atoms with Crippen molar-refractivity contribution in [2.45, 2.75) is 25.4 Å². The number of carbonyl (C=O) groups is 1. The number of benzene rings is 1. The Kier molecular flexibility index (Phi) is 7.42. The molecule has 0 atom stereocenters. The monoisotopic (exact) mass is 454 g/mol. The van der Waals surface area contributed by atoms with E-state index in [0.717, 1.165) is 10.00 Å². The predicted molar refractivity (Wildman–Crippen MR) is 122 cm³/mol. The van der Waals surface area contributed by atoms with Crippen molar-refractivity contribution in [1.29, 1.82) is 0 Å². The van der Waals surface area contributed by atoms with Crippen LogP contribution in [-0.2, 0) is 21.4 Å². The molecule has 168 valence electrons. The lowest BCUT2D eigenvalue weighted by Crippen LogP contribution is -2.43. The molecule has 0 spiro atoms. The fourth-order valence-corrected chi connectivity index (χ4v) is 4.84. The Morgan fingerprint density at radius 1 is 1.00 bits per heavy atom. The third-order valence-electron chi connectivity index (χ3n) is 4.94. The molecule has 0 unspecified atom stereocenters. The largest absolute Gasteiger partial charge is 0.495 e. The highest BCUT2D eigenvalue weighted by atomic mass is 32.2. The van der Waals surface area contributed by atoms with Crippen LogP contribution in [0.25, 0.3) is 0 Å². The number of carbonyl (C=O) groups excluding carboxylic acids is 1. The van der Waals surface area contributed by atoms with Gasteiger partial charge in [-0.25, -0.2) is 4.98 Å². The van der Waals surface area contributed by atoms with Crippen LogP contribution < -0.4 is 9.04 Å². The van der Waals surface area contributed by atoms with Gasteiger partial charge in [-0.1, -0.05) is 24.3 Å². The fraction of sp³-hybridized carbons (Fsp3) is 0.261. The van der Waals surface area contributed by atoms with Gasteiger partial charge in [0.1, 0.15) is 12.3 Å². The van der Waals surface area contributed by atoms with Crippen LogP contribution >= 0.6 is 0 Å². The Labute approximate surface area is 188 Å². The summed E-state index contributed by atoms with van der Waals surface area (Å²) in [5, 5.41) is -0.105. The SMILES string of the molecule is CCN(Cc1ccccn1)C(=O)CN(c1ccccc1OC)S(=O)(=O)c1ncccc1C. The number of likely N-dealkylation sites (N-methyl/N-ethyl adjacent to an activating group) is 1. The van der Waals surface area contributed by atoms with Crippen molar-refractivity contribution in [3.8, 4) is 5.75 Å². The first kappa shape index (κ1) is 23.2. The summed E-state index contributed by atoms with van der Waals surface area (Å²) in [4.78, 5) is 23.2. The molecule has 2 aromatic heterocycles. The summed E-state index contributed by atoms with van der Waals surface area (Å²) in [6.45, 7) is 3.78. The summed E-state index contributed by atoms with van der Waals surface area (Å²) in [6, 6.07) is 15.5. The third kappa shape index (κ3) is 5.05. The quantitative estimate of drug-likeness (QED) is 0.493. The van der Waals surface area contributed by atoms with Crippen molar-refractivity contribution in [2.75, 3.05) is 24.5 Å². The second-order valence-corrected chi connectivity index (χ2v) is 8.82. The zero-order valence-corrected chi connectivity index (χ0v) is 19.1. The van der Waals surface area contributed by atoms with Crippen molar-refractivity contribution in [3.05, 3.63) is 78.2 Å². The number of rotatable bonds is 9. The Morgan fingerprint density at radius 2 is 1.72 bits per heavy atom. The number of para-hydroxylation sites is 2. The first-order valence-corrected chi connectivity index (χ1v) is 11.6. The number of hydrogen-bond donors (Lipinski definition) is 0. The Hall–Kier alpha value is -3.46. The van der Waals surface area contributed by atoms with Crippen LogP contribution in [0.1, 0.15) is 18.2 Å². The van der Waals surface area contributed by atoms with Gasteiger partial charge in [0.15, 0.2) is 5.03 Å². The topological polar surface area (TPSA) is 92.7 Å². The number of anilines is 1.